The molecule has 3 rings (SSSR count). The van der Waals surface area contributed by atoms with Crippen LogP contribution in [0.25, 0.3) is 0 Å². The fourth-order valence-electron chi connectivity index (χ4n) is 3.51. The van der Waals surface area contributed by atoms with Crippen LogP contribution in [0.5, 0.6) is 11.5 Å². The lowest BCUT2D eigenvalue weighted by atomic mass is 10.0. The van der Waals surface area contributed by atoms with Gasteiger partial charge in [-0.2, -0.15) is 4.72 Å². The average molecular weight is 411 g/mol. The maximum Gasteiger partial charge on any atom is 0.241 e. The number of fused-ring (bicyclic) bond motifs is 1. The molecule has 1 aromatic carbocycles. The molecule has 2 heterocycles. The highest BCUT2D eigenvalue weighted by molar-refractivity contribution is 7.89. The Labute approximate surface area is 167 Å². The van der Waals surface area contributed by atoms with E-state index in [1.165, 1.54) is 12.1 Å². The minimum absolute atomic E-state index is 0.0751. The lowest BCUT2D eigenvalue weighted by Gasteiger charge is -2.28. The van der Waals surface area contributed by atoms with E-state index in [0.29, 0.717) is 37.8 Å². The summed E-state index contributed by atoms with van der Waals surface area (Å²) in [5.74, 6) is 0.651. The number of nitrogens with zero attached hydrogens (tertiary/aromatic N) is 1. The van der Waals surface area contributed by atoms with Crippen LogP contribution in [0.3, 0.4) is 0 Å². The van der Waals surface area contributed by atoms with E-state index in [1.54, 1.807) is 11.0 Å². The molecule has 7 nitrogen and oxygen atoms in total. The number of carbonyl (C=O) groups is 1. The lowest BCUT2D eigenvalue weighted by molar-refractivity contribution is -0.134. The molecule has 1 N–H and O–H groups in total. The van der Waals surface area contributed by atoms with Gasteiger partial charge in [-0.15, -0.1) is 0 Å². The van der Waals surface area contributed by atoms with E-state index in [4.69, 9.17) is 9.47 Å². The Hall–Kier alpha value is -1.80. The molecule has 1 aromatic rings. The first kappa shape index (κ1) is 20.9. The molecule has 8 heteroatoms. The molecule has 1 atom stereocenters. The largest absolute Gasteiger partial charge is 0.490 e. The third-order valence-electron chi connectivity index (χ3n) is 5.16. The second-order valence-electron chi connectivity index (χ2n) is 7.74. The van der Waals surface area contributed by atoms with Crippen LogP contribution in [-0.4, -0.2) is 51.6 Å². The summed E-state index contributed by atoms with van der Waals surface area (Å²) >= 11 is 0. The van der Waals surface area contributed by atoms with Crippen LogP contribution in [0, 0.1) is 5.92 Å². The lowest BCUT2D eigenvalue weighted by Crippen LogP contribution is -2.51. The molecule has 2 aliphatic heterocycles. The summed E-state index contributed by atoms with van der Waals surface area (Å²) in [5.41, 5.74) is 0. The summed E-state index contributed by atoms with van der Waals surface area (Å²) in [6.45, 7) is 6.11. The highest BCUT2D eigenvalue weighted by Crippen LogP contribution is 2.32. The first-order valence-electron chi connectivity index (χ1n) is 10.1. The van der Waals surface area contributed by atoms with Crippen molar-refractivity contribution in [2.45, 2.75) is 56.9 Å². The van der Waals surface area contributed by atoms with Crippen LogP contribution in [0.2, 0.25) is 0 Å². The molecule has 0 aliphatic carbocycles. The zero-order chi connectivity index (χ0) is 20.1. The van der Waals surface area contributed by atoms with E-state index in [2.05, 4.69) is 4.72 Å². The molecule has 1 fully saturated rings. The Morgan fingerprint density at radius 1 is 1.00 bits per heavy atom. The van der Waals surface area contributed by atoms with Crippen molar-refractivity contribution in [3.05, 3.63) is 18.2 Å². The van der Waals surface area contributed by atoms with Crippen LogP contribution >= 0.6 is 0 Å². The second kappa shape index (κ2) is 9.13. The molecule has 1 unspecified atom stereocenters. The fraction of sp³-hybridized carbons (Fsp3) is 0.650. The van der Waals surface area contributed by atoms with E-state index in [9.17, 15) is 13.2 Å². The van der Waals surface area contributed by atoms with E-state index in [-0.39, 0.29) is 16.7 Å². The van der Waals surface area contributed by atoms with Crippen molar-refractivity contribution in [1.29, 1.82) is 0 Å². The van der Waals surface area contributed by atoms with Gasteiger partial charge in [0.05, 0.1) is 18.1 Å². The van der Waals surface area contributed by atoms with Crippen molar-refractivity contribution in [2.24, 2.45) is 5.92 Å². The van der Waals surface area contributed by atoms with Gasteiger partial charge in [-0.25, -0.2) is 8.42 Å². The summed E-state index contributed by atoms with van der Waals surface area (Å²) in [4.78, 5) is 14.9. The molecule has 0 bridgehead atoms. The quantitative estimate of drug-likeness (QED) is 0.806. The molecule has 0 radical (unpaired) electrons. The van der Waals surface area contributed by atoms with E-state index in [0.717, 1.165) is 32.1 Å². The summed E-state index contributed by atoms with van der Waals surface area (Å²) in [6.07, 6.45) is 4.89. The van der Waals surface area contributed by atoms with Crippen LogP contribution in [0.1, 0.15) is 46.0 Å². The molecule has 0 saturated carbocycles. The van der Waals surface area contributed by atoms with Crippen molar-refractivity contribution < 1.29 is 22.7 Å². The zero-order valence-electron chi connectivity index (χ0n) is 16.6. The van der Waals surface area contributed by atoms with Crippen molar-refractivity contribution >= 4 is 15.9 Å². The first-order valence-corrected chi connectivity index (χ1v) is 11.6. The summed E-state index contributed by atoms with van der Waals surface area (Å²) in [6, 6.07) is 3.77. The molecular formula is C20H30N2O5S. The SMILES string of the molecule is CC(C)C(NS(=O)(=O)c1ccc2c(c1)OCCCO2)C(=O)N1CCCCCC1. The van der Waals surface area contributed by atoms with E-state index in [1.807, 2.05) is 13.8 Å². The predicted molar refractivity (Wildman–Crippen MR) is 106 cm³/mol. The minimum atomic E-state index is -3.88. The number of nitrogens with one attached hydrogen (secondary N) is 1. The fourth-order valence-corrected chi connectivity index (χ4v) is 4.86. The Morgan fingerprint density at radius 2 is 1.64 bits per heavy atom. The van der Waals surface area contributed by atoms with Crippen LogP contribution in [0.4, 0.5) is 0 Å². The second-order valence-corrected chi connectivity index (χ2v) is 9.46. The highest BCUT2D eigenvalue weighted by Gasteiger charge is 2.32. The number of rotatable bonds is 5. The summed E-state index contributed by atoms with van der Waals surface area (Å²) in [7, 11) is -3.88. The predicted octanol–water partition coefficient (Wildman–Crippen LogP) is 2.55. The molecule has 0 aromatic heterocycles. The molecule has 1 saturated heterocycles. The van der Waals surface area contributed by atoms with E-state index >= 15 is 0 Å². The van der Waals surface area contributed by atoms with Crippen LogP contribution < -0.4 is 14.2 Å². The van der Waals surface area contributed by atoms with Crippen molar-refractivity contribution in [3.8, 4) is 11.5 Å². The number of hydrogen-bond donors (Lipinski definition) is 1. The van der Waals surface area contributed by atoms with Gasteiger partial charge in [0.2, 0.25) is 15.9 Å². The smallest absolute Gasteiger partial charge is 0.241 e. The molecule has 2 aliphatic rings. The highest BCUT2D eigenvalue weighted by atomic mass is 32.2. The normalized spacial score (nSPS) is 19.0. The van der Waals surface area contributed by atoms with Gasteiger partial charge in [-0.1, -0.05) is 26.7 Å². The number of likely N-dealkylation sites (tertiary alicyclic amines) is 1. The number of carbonyl (C=O) groups excluding carboxylic acids is 1. The van der Waals surface area contributed by atoms with Gasteiger partial charge >= 0.3 is 0 Å². The maximum atomic E-state index is 13.0. The van der Waals surface area contributed by atoms with E-state index < -0.39 is 16.1 Å². The third-order valence-corrected chi connectivity index (χ3v) is 6.60. The molecular weight excluding hydrogens is 380 g/mol. The molecule has 156 valence electrons. The first-order chi connectivity index (χ1) is 13.4. The van der Waals surface area contributed by atoms with Gasteiger partial charge in [0, 0.05) is 25.6 Å². The van der Waals surface area contributed by atoms with Gasteiger partial charge in [-0.3, -0.25) is 4.79 Å². The number of hydrogen-bond acceptors (Lipinski definition) is 5. The molecule has 0 spiro atoms. The number of ether oxygens (including phenoxy) is 2. The molecule has 1 amide bonds. The van der Waals surface area contributed by atoms with Crippen molar-refractivity contribution in [2.75, 3.05) is 26.3 Å². The number of amides is 1. The Bertz CT molecular complexity index is 786. The van der Waals surface area contributed by atoms with Gasteiger partial charge in [0.15, 0.2) is 11.5 Å². The minimum Gasteiger partial charge on any atom is -0.490 e. The van der Waals surface area contributed by atoms with Gasteiger partial charge < -0.3 is 14.4 Å². The Balaban J connectivity index is 1.80. The Kier molecular flexibility index (Phi) is 6.82. The topological polar surface area (TPSA) is 84.9 Å². The number of benzene rings is 1. The summed E-state index contributed by atoms with van der Waals surface area (Å²) < 4.78 is 39.8. The van der Waals surface area contributed by atoms with Crippen molar-refractivity contribution in [1.82, 2.24) is 9.62 Å². The average Bonchev–Trinajstić information content (AvgIpc) is 3.07. The monoisotopic (exact) mass is 410 g/mol. The maximum absolute atomic E-state index is 13.0. The van der Waals surface area contributed by atoms with Crippen molar-refractivity contribution in [3.63, 3.8) is 0 Å². The Morgan fingerprint density at radius 3 is 2.29 bits per heavy atom. The zero-order valence-corrected chi connectivity index (χ0v) is 17.5. The number of sulfonamides is 1. The standard InChI is InChI=1S/C20H30N2O5S/c1-15(2)19(20(23)22-10-5-3-4-6-11-22)21-28(24,25)16-8-9-17-18(14-16)27-13-7-12-26-17/h8-9,14-15,19,21H,3-7,10-13H2,1-2H3. The van der Waals surface area contributed by atoms with Gasteiger partial charge in [-0.05, 0) is 30.9 Å². The van der Waals surface area contributed by atoms with Gasteiger partial charge in [0.1, 0.15) is 6.04 Å². The third kappa shape index (κ3) is 4.97. The van der Waals surface area contributed by atoms with Crippen LogP contribution in [-0.2, 0) is 14.8 Å². The summed E-state index contributed by atoms with van der Waals surface area (Å²) in [5, 5.41) is 0. The molecule has 28 heavy (non-hydrogen) atoms. The van der Waals surface area contributed by atoms with Gasteiger partial charge in [0.25, 0.3) is 0 Å². The van der Waals surface area contributed by atoms with Crippen LogP contribution in [0.15, 0.2) is 23.1 Å².